The van der Waals surface area contributed by atoms with Crippen LogP contribution in [-0.4, -0.2) is 70.1 Å². The van der Waals surface area contributed by atoms with Crippen molar-refractivity contribution in [3.8, 4) is 5.82 Å². The molecular formula is C21H25N7O. The zero-order valence-electron chi connectivity index (χ0n) is 16.5. The molecule has 2 aliphatic heterocycles. The minimum Gasteiger partial charge on any atom is -0.379 e. The van der Waals surface area contributed by atoms with Crippen LogP contribution >= 0.6 is 0 Å². The maximum absolute atomic E-state index is 5.46. The fraction of sp³-hybridized carbons (Fsp3) is 0.381. The van der Waals surface area contributed by atoms with E-state index in [0.29, 0.717) is 12.0 Å². The van der Waals surface area contributed by atoms with Gasteiger partial charge in [0, 0.05) is 49.8 Å². The number of aryl methyl sites for hydroxylation is 1. The standard InChI is InChI=1S/C21H25N7O/c1-16-12-17(27-13-18(14-27)26-8-10-29-11-9-26)5-6-19(16)24-21-23-15-28(25-21)20-4-2-3-7-22-20/h2-7,12,15,18H,8-11,13-14H2,1H3,(H,24,25). The monoisotopic (exact) mass is 391 g/mol. The molecular weight excluding hydrogens is 366 g/mol. The van der Waals surface area contributed by atoms with Gasteiger partial charge >= 0.3 is 0 Å². The maximum Gasteiger partial charge on any atom is 0.247 e. The molecule has 2 fully saturated rings. The summed E-state index contributed by atoms with van der Waals surface area (Å²) in [5.74, 6) is 1.30. The molecule has 1 N–H and O–H groups in total. The lowest BCUT2D eigenvalue weighted by atomic mass is 10.0. The van der Waals surface area contributed by atoms with Crippen LogP contribution in [-0.2, 0) is 4.74 Å². The van der Waals surface area contributed by atoms with Crippen molar-refractivity contribution >= 4 is 17.3 Å². The van der Waals surface area contributed by atoms with Gasteiger partial charge in [0.2, 0.25) is 5.95 Å². The Morgan fingerprint density at radius 2 is 1.93 bits per heavy atom. The van der Waals surface area contributed by atoms with Gasteiger partial charge in [-0.3, -0.25) is 4.90 Å². The second-order valence-corrected chi connectivity index (χ2v) is 7.53. The smallest absolute Gasteiger partial charge is 0.247 e. The van der Waals surface area contributed by atoms with E-state index in [9.17, 15) is 0 Å². The number of nitrogens with zero attached hydrogens (tertiary/aromatic N) is 6. The van der Waals surface area contributed by atoms with E-state index in [-0.39, 0.29) is 0 Å². The number of aromatic nitrogens is 4. The van der Waals surface area contributed by atoms with Crippen molar-refractivity contribution < 1.29 is 4.74 Å². The summed E-state index contributed by atoms with van der Waals surface area (Å²) in [6, 6.07) is 12.9. The SMILES string of the molecule is Cc1cc(N2CC(N3CCOCC3)C2)ccc1Nc1ncn(-c2ccccn2)n1. The molecule has 8 nitrogen and oxygen atoms in total. The van der Waals surface area contributed by atoms with Crippen LogP contribution in [0.5, 0.6) is 0 Å². The van der Waals surface area contributed by atoms with Gasteiger partial charge in [0.25, 0.3) is 0 Å². The quantitative estimate of drug-likeness (QED) is 0.715. The van der Waals surface area contributed by atoms with Gasteiger partial charge in [-0.15, -0.1) is 5.10 Å². The molecule has 3 aromatic rings. The van der Waals surface area contributed by atoms with Crippen molar-refractivity contribution in [2.24, 2.45) is 0 Å². The van der Waals surface area contributed by atoms with Crippen LogP contribution in [0.3, 0.4) is 0 Å². The van der Waals surface area contributed by atoms with Gasteiger partial charge in [0.05, 0.1) is 13.2 Å². The molecule has 150 valence electrons. The average molecular weight is 391 g/mol. The van der Waals surface area contributed by atoms with Crippen molar-refractivity contribution in [1.29, 1.82) is 0 Å². The van der Waals surface area contributed by atoms with E-state index in [1.54, 1.807) is 17.2 Å². The zero-order valence-corrected chi connectivity index (χ0v) is 16.5. The Bertz CT molecular complexity index is 962. The second-order valence-electron chi connectivity index (χ2n) is 7.53. The van der Waals surface area contributed by atoms with Crippen molar-refractivity contribution in [2.75, 3.05) is 49.6 Å². The van der Waals surface area contributed by atoms with E-state index in [2.05, 4.69) is 55.3 Å². The van der Waals surface area contributed by atoms with E-state index in [1.165, 1.54) is 11.3 Å². The van der Waals surface area contributed by atoms with Crippen LogP contribution in [0.2, 0.25) is 0 Å². The third-order valence-electron chi connectivity index (χ3n) is 5.62. The Morgan fingerprint density at radius 3 is 2.69 bits per heavy atom. The van der Waals surface area contributed by atoms with E-state index >= 15 is 0 Å². The summed E-state index contributed by atoms with van der Waals surface area (Å²) in [5, 5.41) is 7.78. The largest absolute Gasteiger partial charge is 0.379 e. The summed E-state index contributed by atoms with van der Waals surface area (Å²) in [6.45, 7) is 8.11. The first-order valence-electron chi connectivity index (χ1n) is 10.0. The molecule has 2 saturated heterocycles. The number of hydrogen-bond donors (Lipinski definition) is 1. The van der Waals surface area contributed by atoms with Gasteiger partial charge in [-0.2, -0.15) is 4.98 Å². The molecule has 2 aromatic heterocycles. The van der Waals surface area contributed by atoms with Crippen LogP contribution in [0.4, 0.5) is 17.3 Å². The second kappa shape index (κ2) is 7.81. The molecule has 0 bridgehead atoms. The summed E-state index contributed by atoms with van der Waals surface area (Å²) < 4.78 is 7.12. The fourth-order valence-electron chi connectivity index (χ4n) is 3.86. The molecule has 1 aromatic carbocycles. The summed E-state index contributed by atoms with van der Waals surface area (Å²) in [7, 11) is 0. The van der Waals surface area contributed by atoms with Gasteiger partial charge in [0.15, 0.2) is 5.82 Å². The molecule has 2 aliphatic rings. The highest BCUT2D eigenvalue weighted by Gasteiger charge is 2.32. The molecule has 8 heteroatoms. The Labute approximate surface area is 170 Å². The lowest BCUT2D eigenvalue weighted by Gasteiger charge is -2.47. The van der Waals surface area contributed by atoms with Gasteiger partial charge in [0.1, 0.15) is 6.33 Å². The number of morpholine rings is 1. The molecule has 0 unspecified atom stereocenters. The summed E-state index contributed by atoms with van der Waals surface area (Å²) in [6.07, 6.45) is 3.41. The predicted octanol–water partition coefficient (Wildman–Crippen LogP) is 2.24. The van der Waals surface area contributed by atoms with Gasteiger partial charge in [-0.25, -0.2) is 9.67 Å². The normalized spacial score (nSPS) is 17.9. The summed E-state index contributed by atoms with van der Waals surface area (Å²) >= 11 is 0. The Hall–Kier alpha value is -2.97. The third kappa shape index (κ3) is 3.81. The van der Waals surface area contributed by atoms with Crippen LogP contribution in [0.15, 0.2) is 48.9 Å². The van der Waals surface area contributed by atoms with E-state index in [4.69, 9.17) is 4.74 Å². The molecule has 0 atom stereocenters. The van der Waals surface area contributed by atoms with Gasteiger partial charge in [-0.05, 0) is 42.8 Å². The van der Waals surface area contributed by atoms with Crippen LogP contribution < -0.4 is 10.2 Å². The first-order valence-corrected chi connectivity index (χ1v) is 10.0. The number of pyridine rings is 1. The highest BCUT2D eigenvalue weighted by atomic mass is 16.5. The minimum atomic E-state index is 0.558. The summed E-state index contributed by atoms with van der Waals surface area (Å²) in [4.78, 5) is 13.6. The highest BCUT2D eigenvalue weighted by Crippen LogP contribution is 2.29. The third-order valence-corrected chi connectivity index (χ3v) is 5.62. The number of anilines is 3. The van der Waals surface area contributed by atoms with Crippen molar-refractivity contribution in [2.45, 2.75) is 13.0 Å². The van der Waals surface area contributed by atoms with Gasteiger partial charge < -0.3 is 15.0 Å². The molecule has 5 rings (SSSR count). The number of nitrogens with one attached hydrogen (secondary N) is 1. The molecule has 0 amide bonds. The fourth-order valence-corrected chi connectivity index (χ4v) is 3.86. The molecule has 29 heavy (non-hydrogen) atoms. The van der Waals surface area contributed by atoms with Gasteiger partial charge in [-0.1, -0.05) is 6.07 Å². The van der Waals surface area contributed by atoms with E-state index in [0.717, 1.165) is 50.9 Å². The average Bonchev–Trinajstić information content (AvgIpc) is 3.19. The Balaban J connectivity index is 1.22. The zero-order chi connectivity index (χ0) is 19.6. The topological polar surface area (TPSA) is 71.3 Å². The lowest BCUT2D eigenvalue weighted by molar-refractivity contribution is 0.0105. The lowest BCUT2D eigenvalue weighted by Crippen LogP contribution is -2.61. The number of hydrogen-bond acceptors (Lipinski definition) is 7. The Morgan fingerprint density at radius 1 is 1.07 bits per heavy atom. The molecule has 4 heterocycles. The first-order chi connectivity index (χ1) is 14.3. The van der Waals surface area contributed by atoms with Crippen molar-refractivity contribution in [3.05, 3.63) is 54.5 Å². The van der Waals surface area contributed by atoms with E-state index in [1.807, 2.05) is 18.2 Å². The maximum atomic E-state index is 5.46. The first kappa shape index (κ1) is 18.1. The molecule has 0 spiro atoms. The number of ether oxygens (including phenoxy) is 1. The van der Waals surface area contributed by atoms with E-state index < -0.39 is 0 Å². The Kier molecular flexibility index (Phi) is 4.87. The van der Waals surface area contributed by atoms with Crippen LogP contribution in [0, 0.1) is 6.92 Å². The predicted molar refractivity (Wildman–Crippen MR) is 112 cm³/mol. The molecule has 0 radical (unpaired) electrons. The van der Waals surface area contributed by atoms with Crippen LogP contribution in [0.1, 0.15) is 5.56 Å². The van der Waals surface area contributed by atoms with Crippen molar-refractivity contribution in [3.63, 3.8) is 0 Å². The highest BCUT2D eigenvalue weighted by molar-refractivity contribution is 5.64. The van der Waals surface area contributed by atoms with Crippen molar-refractivity contribution in [1.82, 2.24) is 24.6 Å². The molecule has 0 aliphatic carbocycles. The summed E-state index contributed by atoms with van der Waals surface area (Å²) in [5.41, 5.74) is 3.45. The minimum absolute atomic E-state index is 0.558. The van der Waals surface area contributed by atoms with Crippen LogP contribution in [0.25, 0.3) is 5.82 Å². The number of rotatable bonds is 5. The number of benzene rings is 1. The molecule has 0 saturated carbocycles.